The maximum atomic E-state index is 13.5. The van der Waals surface area contributed by atoms with Crippen LogP contribution in [-0.4, -0.2) is 73.6 Å². The van der Waals surface area contributed by atoms with Gasteiger partial charge in [-0.3, -0.25) is 29.1 Å². The first-order valence-corrected chi connectivity index (χ1v) is 23.7. The Labute approximate surface area is 436 Å². The first kappa shape index (κ1) is 57.7. The second-order valence-corrected chi connectivity index (χ2v) is 17.3. The molecular formula is C54H51Cl4F2N3O9. The minimum Gasteiger partial charge on any atom is -0.467 e. The molecule has 3 unspecified atom stereocenters. The molecule has 3 atom stereocenters. The topological polar surface area (TPSA) is 140 Å². The third kappa shape index (κ3) is 15.6. The third-order valence-corrected chi connectivity index (χ3v) is 11.6. The monoisotopic (exact) mass is 1060 g/mol. The molecule has 72 heavy (non-hydrogen) atoms. The molecule has 0 aliphatic carbocycles. The van der Waals surface area contributed by atoms with E-state index in [0.717, 1.165) is 12.1 Å². The molecule has 6 aromatic rings. The summed E-state index contributed by atoms with van der Waals surface area (Å²) in [6.45, 7) is 10.1. The first-order valence-electron chi connectivity index (χ1n) is 22.2. The van der Waals surface area contributed by atoms with Gasteiger partial charge in [0.1, 0.15) is 29.8 Å². The minimum atomic E-state index is -0.906. The van der Waals surface area contributed by atoms with Crippen LogP contribution in [-0.2, 0) is 28.6 Å². The predicted octanol–water partition coefficient (Wildman–Crippen LogP) is 12.7. The van der Waals surface area contributed by atoms with Crippen molar-refractivity contribution in [3.05, 3.63) is 194 Å². The van der Waals surface area contributed by atoms with Gasteiger partial charge in [0.05, 0.1) is 39.9 Å². The van der Waals surface area contributed by atoms with Gasteiger partial charge < -0.3 is 14.2 Å². The van der Waals surface area contributed by atoms with Gasteiger partial charge in [-0.2, -0.15) is 0 Å². The van der Waals surface area contributed by atoms with Gasteiger partial charge >= 0.3 is 17.9 Å². The Morgan fingerprint density at radius 3 is 1.11 bits per heavy atom. The van der Waals surface area contributed by atoms with Gasteiger partial charge in [0, 0.05) is 33.8 Å². The molecule has 0 fully saturated rings. The van der Waals surface area contributed by atoms with E-state index < -0.39 is 59.5 Å². The number of rotatable bonds is 14. The lowest BCUT2D eigenvalue weighted by Gasteiger charge is -2.29. The van der Waals surface area contributed by atoms with Crippen molar-refractivity contribution in [2.75, 3.05) is 28.4 Å². The highest BCUT2D eigenvalue weighted by Gasteiger charge is 2.32. The maximum Gasteiger partial charge on any atom is 0.329 e. The van der Waals surface area contributed by atoms with Crippen LogP contribution in [0.2, 0.25) is 20.1 Å². The van der Waals surface area contributed by atoms with Gasteiger partial charge in [0.15, 0.2) is 0 Å². The summed E-state index contributed by atoms with van der Waals surface area (Å²) in [5.74, 6) is -3.98. The molecule has 6 aromatic carbocycles. The molecule has 0 radical (unpaired) electrons. The van der Waals surface area contributed by atoms with E-state index in [-0.39, 0.29) is 28.7 Å². The number of hydrogen-bond donors (Lipinski definition) is 0. The number of ether oxygens (including phenoxy) is 3. The SMILES string of the molecule is CC(C)OC(=O)C(C)N(C(=O)c1ccccc1)c1ccc(F)c(Cl)c1.CCOC(=O)C(C)N(C(=O)c1ccccc1)c1ccc(Cl)c(Cl)c1.COC(=O)C(C)N(C(=O)c1ccccc1)c1ccc(F)c(Cl)c1. The summed E-state index contributed by atoms with van der Waals surface area (Å²) in [5.41, 5.74) is 2.34. The molecule has 3 amide bonds. The number of esters is 3. The molecule has 0 saturated carbocycles. The van der Waals surface area contributed by atoms with Crippen molar-refractivity contribution in [1.82, 2.24) is 0 Å². The van der Waals surface area contributed by atoms with E-state index in [1.807, 2.05) is 6.07 Å². The number of nitrogens with zero attached hydrogens (tertiary/aromatic N) is 3. The summed E-state index contributed by atoms with van der Waals surface area (Å²) in [4.78, 5) is 78.9. The fraction of sp³-hybridized carbons (Fsp3) is 0.222. The van der Waals surface area contributed by atoms with Crippen LogP contribution in [0, 0.1) is 11.6 Å². The van der Waals surface area contributed by atoms with Crippen LogP contribution in [0.15, 0.2) is 146 Å². The van der Waals surface area contributed by atoms with Crippen molar-refractivity contribution in [3.8, 4) is 0 Å². The number of benzene rings is 6. The molecule has 0 aliphatic rings. The van der Waals surface area contributed by atoms with Crippen LogP contribution in [0.4, 0.5) is 25.8 Å². The Hall–Kier alpha value is -6.84. The standard InChI is InChI=1S/C19H19ClFNO3.C18H17Cl2NO3.C17H15ClFNO3/c1-12(2)25-19(24)13(3)22(15-9-10-17(21)16(20)11-15)18(23)14-7-5-4-6-8-14;1-3-24-18(23)12(2)21(14-9-10-15(19)16(20)11-14)17(22)13-7-5-4-6-8-13;1-11(17(22)23-2)20(13-8-9-15(19)14(18)10-13)16(21)12-6-4-3-5-7-12/h4-13H,1-3H3;4-12H,3H2,1-2H3;3-11H,1-2H3. The number of hydrogen-bond acceptors (Lipinski definition) is 9. The molecule has 378 valence electrons. The van der Waals surface area contributed by atoms with Crippen LogP contribution >= 0.6 is 46.4 Å². The van der Waals surface area contributed by atoms with E-state index in [4.69, 9.17) is 60.6 Å². The summed E-state index contributed by atoms with van der Waals surface area (Å²) in [6, 6.07) is 35.6. The summed E-state index contributed by atoms with van der Waals surface area (Å²) < 4.78 is 41.9. The van der Waals surface area contributed by atoms with Crippen molar-refractivity contribution in [1.29, 1.82) is 0 Å². The highest BCUT2D eigenvalue weighted by atomic mass is 35.5. The van der Waals surface area contributed by atoms with E-state index in [2.05, 4.69) is 0 Å². The van der Waals surface area contributed by atoms with E-state index in [0.29, 0.717) is 43.8 Å². The Bertz CT molecular complexity index is 2830. The maximum absolute atomic E-state index is 13.5. The number of methoxy groups -OCH3 is 1. The average molecular weight is 1070 g/mol. The molecule has 0 heterocycles. The summed E-state index contributed by atoms with van der Waals surface area (Å²) in [7, 11) is 1.24. The molecule has 0 aromatic heterocycles. The largest absolute Gasteiger partial charge is 0.467 e. The Morgan fingerprint density at radius 2 is 0.792 bits per heavy atom. The highest BCUT2D eigenvalue weighted by molar-refractivity contribution is 6.42. The van der Waals surface area contributed by atoms with E-state index in [1.54, 1.807) is 138 Å². The molecule has 0 aliphatic heterocycles. The Morgan fingerprint density at radius 1 is 0.458 bits per heavy atom. The molecule has 12 nitrogen and oxygen atoms in total. The van der Waals surface area contributed by atoms with Crippen LogP contribution < -0.4 is 14.7 Å². The number of amides is 3. The molecule has 18 heteroatoms. The van der Waals surface area contributed by atoms with Crippen molar-refractivity contribution in [3.63, 3.8) is 0 Å². The van der Waals surface area contributed by atoms with Gasteiger partial charge in [0.2, 0.25) is 0 Å². The molecule has 0 saturated heterocycles. The van der Waals surface area contributed by atoms with Crippen LogP contribution in [0.1, 0.15) is 72.6 Å². The second-order valence-electron chi connectivity index (χ2n) is 15.7. The Kier molecular flexibility index (Phi) is 22.2. The number of carbonyl (C=O) groups is 6. The predicted molar refractivity (Wildman–Crippen MR) is 277 cm³/mol. The zero-order valence-corrected chi connectivity index (χ0v) is 43.2. The summed E-state index contributed by atoms with van der Waals surface area (Å²) >= 11 is 23.7. The molecule has 0 bridgehead atoms. The van der Waals surface area contributed by atoms with Crippen molar-refractivity contribution < 1.29 is 51.8 Å². The van der Waals surface area contributed by atoms with Crippen molar-refractivity contribution in [2.24, 2.45) is 0 Å². The average Bonchev–Trinajstić information content (AvgIpc) is 3.37. The van der Waals surface area contributed by atoms with E-state index in [1.165, 1.54) is 53.0 Å². The van der Waals surface area contributed by atoms with E-state index >= 15 is 0 Å². The van der Waals surface area contributed by atoms with Crippen molar-refractivity contribution >= 4 is 99.1 Å². The van der Waals surface area contributed by atoms with Gasteiger partial charge in [-0.05, 0) is 133 Å². The molecule has 0 N–H and O–H groups in total. The quantitative estimate of drug-likeness (QED) is 0.0770. The third-order valence-electron chi connectivity index (χ3n) is 10.3. The first-order chi connectivity index (χ1) is 34.2. The Balaban J connectivity index is 0.000000235. The fourth-order valence-electron chi connectivity index (χ4n) is 6.69. The highest BCUT2D eigenvalue weighted by Crippen LogP contribution is 2.31. The molecule has 6 rings (SSSR count). The zero-order valence-electron chi connectivity index (χ0n) is 40.2. The second kappa shape index (κ2) is 27.7. The minimum absolute atomic E-state index is 0.132. The van der Waals surface area contributed by atoms with Crippen molar-refractivity contribution in [2.45, 2.75) is 65.8 Å². The van der Waals surface area contributed by atoms with Crippen LogP contribution in [0.3, 0.4) is 0 Å². The van der Waals surface area contributed by atoms with Gasteiger partial charge in [-0.1, -0.05) is 101 Å². The summed E-state index contributed by atoms with van der Waals surface area (Å²) in [6.07, 6.45) is -0.319. The number of carbonyl (C=O) groups excluding carboxylic acids is 6. The van der Waals surface area contributed by atoms with Crippen LogP contribution in [0.5, 0.6) is 0 Å². The molecule has 0 spiro atoms. The van der Waals surface area contributed by atoms with Gasteiger partial charge in [0.25, 0.3) is 17.7 Å². The smallest absolute Gasteiger partial charge is 0.329 e. The van der Waals surface area contributed by atoms with Crippen LogP contribution in [0.25, 0.3) is 0 Å². The van der Waals surface area contributed by atoms with E-state index in [9.17, 15) is 37.5 Å². The lowest BCUT2D eigenvalue weighted by Crippen LogP contribution is -2.45. The normalized spacial score (nSPS) is 11.8. The summed E-state index contributed by atoms with van der Waals surface area (Å²) in [5, 5.41) is 0.408. The number of anilines is 3. The molecular weight excluding hydrogens is 1010 g/mol. The lowest BCUT2D eigenvalue weighted by atomic mass is 10.1. The van der Waals surface area contributed by atoms with Gasteiger partial charge in [-0.25, -0.2) is 23.2 Å². The zero-order chi connectivity index (χ0) is 53.2. The lowest BCUT2D eigenvalue weighted by molar-refractivity contribution is -0.148. The number of halogens is 6. The van der Waals surface area contributed by atoms with Gasteiger partial charge in [-0.15, -0.1) is 0 Å². The fourth-order valence-corrected chi connectivity index (χ4v) is 7.34.